The molecular weight excluding hydrogens is 142 g/mol. The van der Waals surface area contributed by atoms with Crippen LogP contribution in [0.15, 0.2) is 12.3 Å². The first kappa shape index (κ1) is 6.28. The fourth-order valence-electron chi connectivity index (χ4n) is 0.426. The minimum absolute atomic E-state index is 0.387. The number of nitrogens with one attached hydrogen (secondary N) is 1. The summed E-state index contributed by atoms with van der Waals surface area (Å²) in [7, 11) is 0. The predicted octanol–water partition coefficient (Wildman–Crippen LogP) is 0.772. The lowest BCUT2D eigenvalue weighted by Crippen LogP contribution is -2.08. The minimum atomic E-state index is -1.25. The molecule has 0 aromatic carbocycles. The van der Waals surface area contributed by atoms with Gasteiger partial charge in [0.2, 0.25) is 0 Å². The van der Waals surface area contributed by atoms with E-state index in [0.29, 0.717) is 0 Å². The third kappa shape index (κ3) is 1.85. The summed E-state index contributed by atoms with van der Waals surface area (Å²) in [5.41, 5.74) is -0.387. The standard InChI is InChI=1S/C4H5NO3S/c6-4(7)8-3-1-2-5-9-3/h1-3,5H,(H,6,7). The summed E-state index contributed by atoms with van der Waals surface area (Å²) in [6.45, 7) is 0. The van der Waals surface area contributed by atoms with Crippen LogP contribution in [0.1, 0.15) is 0 Å². The molecule has 0 amide bonds. The van der Waals surface area contributed by atoms with Crippen molar-refractivity contribution in [3.8, 4) is 0 Å². The molecule has 5 heteroatoms. The van der Waals surface area contributed by atoms with E-state index < -0.39 is 6.16 Å². The molecule has 1 atom stereocenters. The fraction of sp³-hybridized carbons (Fsp3) is 0.250. The molecule has 0 saturated carbocycles. The molecule has 4 nitrogen and oxygen atoms in total. The van der Waals surface area contributed by atoms with Crippen LogP contribution in [0.3, 0.4) is 0 Å². The first-order valence-electron chi connectivity index (χ1n) is 2.26. The average molecular weight is 147 g/mol. The summed E-state index contributed by atoms with van der Waals surface area (Å²) in [6.07, 6.45) is 2.01. The van der Waals surface area contributed by atoms with Crippen LogP contribution in [0.4, 0.5) is 4.79 Å². The Kier molecular flexibility index (Phi) is 1.84. The van der Waals surface area contributed by atoms with E-state index in [4.69, 9.17) is 5.11 Å². The van der Waals surface area contributed by atoms with Crippen molar-refractivity contribution in [3.05, 3.63) is 12.3 Å². The van der Waals surface area contributed by atoms with Crippen LogP contribution in [0.25, 0.3) is 0 Å². The second-order valence-corrected chi connectivity index (χ2v) is 2.28. The Morgan fingerprint density at radius 3 is 3.11 bits per heavy atom. The van der Waals surface area contributed by atoms with Crippen LogP contribution in [0.5, 0.6) is 0 Å². The van der Waals surface area contributed by atoms with Gasteiger partial charge >= 0.3 is 6.16 Å². The summed E-state index contributed by atoms with van der Waals surface area (Å²) in [5, 5.41) is 8.08. The van der Waals surface area contributed by atoms with Gasteiger partial charge < -0.3 is 14.6 Å². The van der Waals surface area contributed by atoms with Crippen LogP contribution in [-0.2, 0) is 4.74 Å². The molecular formula is C4H5NO3S. The second kappa shape index (κ2) is 2.63. The number of hydrogen-bond donors (Lipinski definition) is 2. The van der Waals surface area contributed by atoms with Gasteiger partial charge in [0.05, 0.1) is 0 Å². The van der Waals surface area contributed by atoms with Crippen molar-refractivity contribution in [2.75, 3.05) is 0 Å². The van der Waals surface area contributed by atoms with Crippen molar-refractivity contribution < 1.29 is 14.6 Å². The highest BCUT2D eigenvalue weighted by Gasteiger charge is 2.13. The van der Waals surface area contributed by atoms with Gasteiger partial charge in [0.25, 0.3) is 0 Å². The molecule has 0 saturated heterocycles. The fourth-order valence-corrected chi connectivity index (χ4v) is 1.01. The van der Waals surface area contributed by atoms with E-state index in [1.807, 2.05) is 0 Å². The van der Waals surface area contributed by atoms with E-state index >= 15 is 0 Å². The molecule has 50 valence electrons. The second-order valence-electron chi connectivity index (χ2n) is 1.35. The molecule has 1 aliphatic rings. The largest absolute Gasteiger partial charge is 0.507 e. The Morgan fingerprint density at radius 1 is 1.89 bits per heavy atom. The SMILES string of the molecule is O=C(O)OC1C=CNS1. The smallest absolute Gasteiger partial charge is 0.450 e. The lowest BCUT2D eigenvalue weighted by molar-refractivity contribution is 0.0939. The summed E-state index contributed by atoms with van der Waals surface area (Å²) < 4.78 is 7.07. The highest BCUT2D eigenvalue weighted by atomic mass is 32.2. The molecule has 1 rings (SSSR count). The van der Waals surface area contributed by atoms with Crippen molar-refractivity contribution in [1.82, 2.24) is 4.72 Å². The zero-order valence-electron chi connectivity index (χ0n) is 4.40. The maximum Gasteiger partial charge on any atom is 0.507 e. The third-order valence-corrected chi connectivity index (χ3v) is 1.48. The van der Waals surface area contributed by atoms with Gasteiger partial charge in [-0.05, 0) is 18.0 Å². The number of ether oxygens (including phenoxy) is 1. The quantitative estimate of drug-likeness (QED) is 0.424. The van der Waals surface area contributed by atoms with Gasteiger partial charge in [0.15, 0.2) is 5.44 Å². The van der Waals surface area contributed by atoms with Crippen molar-refractivity contribution in [2.45, 2.75) is 5.44 Å². The van der Waals surface area contributed by atoms with Gasteiger partial charge in [-0.25, -0.2) is 4.79 Å². The zero-order valence-corrected chi connectivity index (χ0v) is 5.22. The molecule has 9 heavy (non-hydrogen) atoms. The molecule has 1 unspecified atom stereocenters. The van der Waals surface area contributed by atoms with E-state index in [0.717, 1.165) is 0 Å². The highest BCUT2D eigenvalue weighted by Crippen LogP contribution is 2.14. The Bertz CT molecular complexity index is 147. The maximum atomic E-state index is 9.86. The zero-order chi connectivity index (χ0) is 6.69. The van der Waals surface area contributed by atoms with Crippen LogP contribution in [0, 0.1) is 0 Å². The summed E-state index contributed by atoms with van der Waals surface area (Å²) in [5.74, 6) is 0. The van der Waals surface area contributed by atoms with Crippen molar-refractivity contribution in [1.29, 1.82) is 0 Å². The Hall–Kier alpha value is -0.840. The third-order valence-electron chi connectivity index (χ3n) is 0.723. The first-order chi connectivity index (χ1) is 4.29. The average Bonchev–Trinajstić information content (AvgIpc) is 2.15. The number of carboxylic acid groups (broad SMARTS) is 1. The van der Waals surface area contributed by atoms with Crippen molar-refractivity contribution >= 4 is 18.1 Å². The molecule has 0 radical (unpaired) electrons. The summed E-state index contributed by atoms with van der Waals surface area (Å²) in [6, 6.07) is 0. The topological polar surface area (TPSA) is 58.6 Å². The molecule has 0 aliphatic carbocycles. The molecule has 0 fully saturated rings. The Balaban J connectivity index is 2.28. The molecule has 0 aromatic heterocycles. The van der Waals surface area contributed by atoms with E-state index in [1.54, 1.807) is 12.3 Å². The van der Waals surface area contributed by atoms with Gasteiger partial charge in [-0.2, -0.15) is 0 Å². The van der Waals surface area contributed by atoms with Crippen molar-refractivity contribution in [3.63, 3.8) is 0 Å². The predicted molar refractivity (Wildman–Crippen MR) is 32.8 cm³/mol. The first-order valence-corrected chi connectivity index (χ1v) is 3.14. The lowest BCUT2D eigenvalue weighted by Gasteiger charge is -2.02. The van der Waals surface area contributed by atoms with Crippen LogP contribution in [0.2, 0.25) is 0 Å². The van der Waals surface area contributed by atoms with Gasteiger partial charge in [0, 0.05) is 6.20 Å². The van der Waals surface area contributed by atoms with Crippen LogP contribution < -0.4 is 4.72 Å². The van der Waals surface area contributed by atoms with E-state index in [9.17, 15) is 4.79 Å². The highest BCUT2D eigenvalue weighted by molar-refractivity contribution is 7.98. The summed E-state index contributed by atoms with van der Waals surface area (Å²) in [4.78, 5) is 9.86. The van der Waals surface area contributed by atoms with Crippen LogP contribution >= 0.6 is 11.9 Å². The molecule has 0 aromatic rings. The molecule has 0 bridgehead atoms. The maximum absolute atomic E-state index is 9.86. The Labute approximate surface area is 56.0 Å². The van der Waals surface area contributed by atoms with Gasteiger partial charge in [-0.3, -0.25) is 0 Å². The number of rotatable bonds is 1. The van der Waals surface area contributed by atoms with E-state index in [2.05, 4.69) is 9.46 Å². The summed E-state index contributed by atoms with van der Waals surface area (Å²) >= 11 is 1.21. The van der Waals surface area contributed by atoms with Crippen molar-refractivity contribution in [2.24, 2.45) is 0 Å². The normalized spacial score (nSPS) is 23.3. The van der Waals surface area contributed by atoms with Crippen LogP contribution in [-0.4, -0.2) is 16.7 Å². The van der Waals surface area contributed by atoms with Gasteiger partial charge in [-0.15, -0.1) is 0 Å². The monoisotopic (exact) mass is 147 g/mol. The lowest BCUT2D eigenvalue weighted by atomic mass is 10.6. The minimum Gasteiger partial charge on any atom is -0.450 e. The van der Waals surface area contributed by atoms with E-state index in [1.165, 1.54) is 11.9 Å². The van der Waals surface area contributed by atoms with E-state index in [-0.39, 0.29) is 5.44 Å². The number of hydrogen-bond acceptors (Lipinski definition) is 4. The molecule has 0 spiro atoms. The molecule has 2 N–H and O–H groups in total. The number of carbonyl (C=O) groups is 1. The van der Waals surface area contributed by atoms with Gasteiger partial charge in [-0.1, -0.05) is 0 Å². The van der Waals surface area contributed by atoms with Gasteiger partial charge in [0.1, 0.15) is 0 Å². The molecule has 1 heterocycles. The molecule has 1 aliphatic heterocycles. The Morgan fingerprint density at radius 2 is 2.67 bits per heavy atom.